The van der Waals surface area contributed by atoms with Crippen molar-refractivity contribution in [2.75, 3.05) is 27.9 Å². The van der Waals surface area contributed by atoms with E-state index >= 15 is 0 Å². The summed E-state index contributed by atoms with van der Waals surface area (Å²) in [4.78, 5) is 16.9. The van der Waals surface area contributed by atoms with Gasteiger partial charge < -0.3 is 14.2 Å². The molecular weight excluding hydrogens is 306 g/mol. The SMILES string of the molecule is CCCCCCN=CCCC(=O)c1c(OC)cc(OC)cc1OC. The molecule has 134 valence electrons. The van der Waals surface area contributed by atoms with E-state index in [0.29, 0.717) is 35.7 Å². The van der Waals surface area contributed by atoms with Gasteiger partial charge in [0.15, 0.2) is 5.78 Å². The summed E-state index contributed by atoms with van der Waals surface area (Å²) in [6.45, 7) is 3.03. The van der Waals surface area contributed by atoms with Gasteiger partial charge in [-0.15, -0.1) is 0 Å². The number of carbonyl (C=O) groups excluding carboxylic acids is 1. The lowest BCUT2D eigenvalue weighted by molar-refractivity contribution is 0.0979. The van der Waals surface area contributed by atoms with Crippen LogP contribution in [0.1, 0.15) is 55.8 Å². The number of ketones is 1. The molecule has 0 aliphatic rings. The number of carbonyl (C=O) groups is 1. The molecule has 0 unspecified atom stereocenters. The van der Waals surface area contributed by atoms with Crippen molar-refractivity contribution in [3.63, 3.8) is 0 Å². The lowest BCUT2D eigenvalue weighted by Crippen LogP contribution is -2.06. The van der Waals surface area contributed by atoms with Gasteiger partial charge in [0.1, 0.15) is 22.8 Å². The minimum atomic E-state index is -0.0243. The second kappa shape index (κ2) is 11.5. The van der Waals surface area contributed by atoms with Crippen LogP contribution in [-0.2, 0) is 0 Å². The van der Waals surface area contributed by atoms with Crippen molar-refractivity contribution in [3.05, 3.63) is 17.7 Å². The molecule has 0 radical (unpaired) electrons. The van der Waals surface area contributed by atoms with E-state index in [-0.39, 0.29) is 5.78 Å². The molecule has 5 nitrogen and oxygen atoms in total. The monoisotopic (exact) mass is 335 g/mol. The summed E-state index contributed by atoms with van der Waals surface area (Å²) in [5, 5.41) is 0. The minimum absolute atomic E-state index is 0.0243. The molecule has 0 aliphatic heterocycles. The third-order valence-electron chi connectivity index (χ3n) is 3.76. The lowest BCUT2D eigenvalue weighted by atomic mass is 10.0. The van der Waals surface area contributed by atoms with Gasteiger partial charge in [0.25, 0.3) is 0 Å². The normalized spacial score (nSPS) is 10.8. The molecule has 1 aromatic rings. The Kier molecular flexibility index (Phi) is 9.58. The zero-order chi connectivity index (χ0) is 17.8. The Balaban J connectivity index is 2.62. The third-order valence-corrected chi connectivity index (χ3v) is 3.76. The second-order valence-electron chi connectivity index (χ2n) is 5.52. The van der Waals surface area contributed by atoms with Crippen LogP contribution in [-0.4, -0.2) is 39.9 Å². The molecule has 0 bridgehead atoms. The van der Waals surface area contributed by atoms with Crippen LogP contribution in [0.15, 0.2) is 17.1 Å². The van der Waals surface area contributed by atoms with Crippen molar-refractivity contribution >= 4 is 12.0 Å². The molecule has 0 fully saturated rings. The molecule has 1 aromatic carbocycles. The van der Waals surface area contributed by atoms with Gasteiger partial charge in [0.2, 0.25) is 0 Å². The van der Waals surface area contributed by atoms with Crippen LogP contribution in [0.25, 0.3) is 0 Å². The number of methoxy groups -OCH3 is 3. The zero-order valence-electron chi connectivity index (χ0n) is 15.3. The van der Waals surface area contributed by atoms with E-state index in [2.05, 4.69) is 11.9 Å². The van der Waals surface area contributed by atoms with E-state index in [0.717, 1.165) is 13.0 Å². The predicted octanol–water partition coefficient (Wildman–Crippen LogP) is 4.33. The molecule has 0 heterocycles. The first-order valence-corrected chi connectivity index (χ1v) is 8.49. The molecule has 0 aromatic heterocycles. The molecule has 0 spiro atoms. The van der Waals surface area contributed by atoms with E-state index < -0.39 is 0 Å². The summed E-state index contributed by atoms with van der Waals surface area (Å²) in [6.07, 6.45) is 7.63. The topological polar surface area (TPSA) is 57.1 Å². The predicted molar refractivity (Wildman–Crippen MR) is 97.2 cm³/mol. The van der Waals surface area contributed by atoms with E-state index in [1.54, 1.807) is 19.2 Å². The van der Waals surface area contributed by atoms with Gasteiger partial charge in [-0.2, -0.15) is 0 Å². The number of benzene rings is 1. The Labute approximate surface area is 145 Å². The van der Waals surface area contributed by atoms with Crippen LogP contribution in [0, 0.1) is 0 Å². The van der Waals surface area contributed by atoms with Crippen LogP contribution in [0.5, 0.6) is 17.2 Å². The molecule has 0 aliphatic carbocycles. The number of ether oxygens (including phenoxy) is 3. The number of Topliss-reactive ketones (excluding diaryl/α,β-unsaturated/α-hetero) is 1. The Morgan fingerprint density at radius 1 is 1.04 bits per heavy atom. The Morgan fingerprint density at radius 2 is 1.71 bits per heavy atom. The molecule has 5 heteroatoms. The Morgan fingerprint density at radius 3 is 2.25 bits per heavy atom. The highest BCUT2D eigenvalue weighted by molar-refractivity contribution is 6.02. The van der Waals surface area contributed by atoms with Crippen molar-refractivity contribution in [1.29, 1.82) is 0 Å². The Bertz CT molecular complexity index is 515. The highest BCUT2D eigenvalue weighted by Gasteiger charge is 2.19. The quantitative estimate of drug-likeness (QED) is 0.324. The number of rotatable bonds is 12. The zero-order valence-corrected chi connectivity index (χ0v) is 15.3. The van der Waals surface area contributed by atoms with Crippen molar-refractivity contribution in [2.45, 2.75) is 45.4 Å². The van der Waals surface area contributed by atoms with E-state index in [9.17, 15) is 4.79 Å². The second-order valence-corrected chi connectivity index (χ2v) is 5.52. The van der Waals surface area contributed by atoms with Gasteiger partial charge in [-0.25, -0.2) is 0 Å². The maximum Gasteiger partial charge on any atom is 0.170 e. The van der Waals surface area contributed by atoms with Gasteiger partial charge in [0.05, 0.1) is 21.3 Å². The summed E-state index contributed by atoms with van der Waals surface area (Å²) in [7, 11) is 4.62. The number of nitrogens with zero attached hydrogens (tertiary/aromatic N) is 1. The van der Waals surface area contributed by atoms with Gasteiger partial charge in [-0.3, -0.25) is 9.79 Å². The van der Waals surface area contributed by atoms with Crippen LogP contribution in [0.2, 0.25) is 0 Å². The van der Waals surface area contributed by atoms with Crippen LogP contribution >= 0.6 is 0 Å². The third kappa shape index (κ3) is 6.22. The minimum Gasteiger partial charge on any atom is -0.496 e. The Hall–Kier alpha value is -2.04. The number of aliphatic imine (C=N–C) groups is 1. The summed E-state index contributed by atoms with van der Waals surface area (Å²) in [6, 6.07) is 3.38. The first kappa shape index (κ1) is 20.0. The van der Waals surface area contributed by atoms with Gasteiger partial charge in [0, 0.05) is 25.1 Å². The average molecular weight is 335 g/mol. The van der Waals surface area contributed by atoms with Crippen LogP contribution < -0.4 is 14.2 Å². The molecule has 24 heavy (non-hydrogen) atoms. The highest BCUT2D eigenvalue weighted by Crippen LogP contribution is 2.34. The molecule has 0 amide bonds. The van der Waals surface area contributed by atoms with Crippen molar-refractivity contribution in [1.82, 2.24) is 0 Å². The molecular formula is C19H29NO4. The summed E-state index contributed by atoms with van der Waals surface area (Å²) in [5.41, 5.74) is 0.456. The number of hydrogen-bond donors (Lipinski definition) is 0. The van der Waals surface area contributed by atoms with Crippen LogP contribution in [0.4, 0.5) is 0 Å². The van der Waals surface area contributed by atoms with Crippen molar-refractivity contribution in [2.24, 2.45) is 4.99 Å². The van der Waals surface area contributed by atoms with E-state index in [4.69, 9.17) is 14.2 Å². The number of unbranched alkanes of at least 4 members (excludes halogenated alkanes) is 3. The highest BCUT2D eigenvalue weighted by atomic mass is 16.5. The fourth-order valence-electron chi connectivity index (χ4n) is 2.41. The standard InChI is InChI=1S/C19H29NO4/c1-5-6-7-8-11-20-12-9-10-16(21)19-17(23-3)13-15(22-2)14-18(19)24-4/h12-14H,5-11H2,1-4H3. The fourth-order valence-corrected chi connectivity index (χ4v) is 2.41. The van der Waals surface area contributed by atoms with Gasteiger partial charge in [-0.05, 0) is 19.1 Å². The van der Waals surface area contributed by atoms with E-state index in [1.165, 1.54) is 33.5 Å². The summed E-state index contributed by atoms with van der Waals surface area (Å²) < 4.78 is 15.8. The lowest BCUT2D eigenvalue weighted by Gasteiger charge is -2.13. The van der Waals surface area contributed by atoms with Crippen LogP contribution in [0.3, 0.4) is 0 Å². The van der Waals surface area contributed by atoms with Gasteiger partial charge >= 0.3 is 0 Å². The van der Waals surface area contributed by atoms with E-state index in [1.807, 2.05) is 6.21 Å². The first-order valence-electron chi connectivity index (χ1n) is 8.49. The fraction of sp³-hybridized carbons (Fsp3) is 0.579. The number of hydrogen-bond acceptors (Lipinski definition) is 5. The largest absolute Gasteiger partial charge is 0.496 e. The first-order chi connectivity index (χ1) is 11.7. The molecule has 1 rings (SSSR count). The maximum absolute atomic E-state index is 12.5. The summed E-state index contributed by atoms with van der Waals surface area (Å²) in [5.74, 6) is 1.50. The molecule has 0 saturated carbocycles. The smallest absolute Gasteiger partial charge is 0.170 e. The average Bonchev–Trinajstić information content (AvgIpc) is 2.62. The van der Waals surface area contributed by atoms with Crippen molar-refractivity contribution in [3.8, 4) is 17.2 Å². The molecule has 0 saturated heterocycles. The molecule has 0 atom stereocenters. The molecule has 0 N–H and O–H groups in total. The maximum atomic E-state index is 12.5. The van der Waals surface area contributed by atoms with Gasteiger partial charge in [-0.1, -0.05) is 26.2 Å². The summed E-state index contributed by atoms with van der Waals surface area (Å²) >= 11 is 0. The van der Waals surface area contributed by atoms with Crippen molar-refractivity contribution < 1.29 is 19.0 Å².